The highest BCUT2D eigenvalue weighted by molar-refractivity contribution is 5.92. The van der Waals surface area contributed by atoms with Crippen LogP contribution in [0.3, 0.4) is 0 Å². The van der Waals surface area contributed by atoms with Crippen LogP contribution in [0.1, 0.15) is 24.1 Å². The number of benzene rings is 1. The average molecular weight is 437 g/mol. The van der Waals surface area contributed by atoms with Gasteiger partial charge in [0.1, 0.15) is 6.10 Å². The van der Waals surface area contributed by atoms with E-state index in [2.05, 4.69) is 9.97 Å². The summed E-state index contributed by atoms with van der Waals surface area (Å²) in [6.07, 6.45) is 0.265. The van der Waals surface area contributed by atoms with E-state index in [1.807, 2.05) is 0 Å². The lowest BCUT2D eigenvalue weighted by atomic mass is 10.1. The summed E-state index contributed by atoms with van der Waals surface area (Å²) in [5, 5.41) is 0. The van der Waals surface area contributed by atoms with Crippen molar-refractivity contribution in [3.8, 4) is 17.5 Å². The summed E-state index contributed by atoms with van der Waals surface area (Å²) in [4.78, 5) is 21.3. The standard InChI is InChI=1S/C21H22F3N3O4/c1-29-16-7-5-14(12-17(16)30-2)6-8-19(28)27-11-3-4-15(13-27)31-20-25-10-9-18(26-20)21(22,23)24/h5-10,12,15H,3-4,11,13H2,1-2H3/b8-6+. The van der Waals surface area contributed by atoms with Gasteiger partial charge in [-0.1, -0.05) is 6.07 Å². The smallest absolute Gasteiger partial charge is 0.433 e. The van der Waals surface area contributed by atoms with Crippen LogP contribution in [0.2, 0.25) is 0 Å². The number of alkyl halides is 3. The van der Waals surface area contributed by atoms with E-state index >= 15 is 0 Å². The molecule has 2 heterocycles. The third-order valence-electron chi connectivity index (χ3n) is 4.71. The molecule has 166 valence electrons. The number of amides is 1. The van der Waals surface area contributed by atoms with Crippen LogP contribution in [0.25, 0.3) is 6.08 Å². The van der Waals surface area contributed by atoms with Crippen molar-refractivity contribution in [2.45, 2.75) is 25.1 Å². The maximum Gasteiger partial charge on any atom is 0.433 e. The first kappa shape index (κ1) is 22.4. The van der Waals surface area contributed by atoms with Crippen LogP contribution in [0.15, 0.2) is 36.5 Å². The summed E-state index contributed by atoms with van der Waals surface area (Å²) >= 11 is 0. The Kier molecular flexibility index (Phi) is 6.98. The van der Waals surface area contributed by atoms with Crippen LogP contribution >= 0.6 is 0 Å². The Bertz CT molecular complexity index is 950. The van der Waals surface area contributed by atoms with Crippen molar-refractivity contribution in [2.24, 2.45) is 0 Å². The Hall–Kier alpha value is -3.30. The van der Waals surface area contributed by atoms with Crippen molar-refractivity contribution in [3.63, 3.8) is 0 Å². The molecule has 1 aromatic carbocycles. The van der Waals surface area contributed by atoms with E-state index in [0.29, 0.717) is 30.9 Å². The van der Waals surface area contributed by atoms with Gasteiger partial charge in [-0.25, -0.2) is 4.98 Å². The normalized spacial score (nSPS) is 16.9. The van der Waals surface area contributed by atoms with Gasteiger partial charge in [0.05, 0.1) is 20.8 Å². The molecule has 1 aromatic heterocycles. The van der Waals surface area contributed by atoms with E-state index < -0.39 is 18.0 Å². The number of carbonyl (C=O) groups is 1. The minimum atomic E-state index is -4.58. The Morgan fingerprint density at radius 2 is 1.97 bits per heavy atom. The van der Waals surface area contributed by atoms with Crippen LogP contribution in [0, 0.1) is 0 Å². The highest BCUT2D eigenvalue weighted by atomic mass is 19.4. The number of nitrogens with zero attached hydrogens (tertiary/aromatic N) is 3. The number of aromatic nitrogens is 2. The number of ether oxygens (including phenoxy) is 3. The van der Waals surface area contributed by atoms with E-state index in [1.165, 1.54) is 20.3 Å². The fourth-order valence-corrected chi connectivity index (χ4v) is 3.17. The van der Waals surface area contributed by atoms with Crippen molar-refractivity contribution in [3.05, 3.63) is 47.8 Å². The molecular weight excluding hydrogens is 415 g/mol. The van der Waals surface area contributed by atoms with Gasteiger partial charge in [0.25, 0.3) is 0 Å². The van der Waals surface area contributed by atoms with Gasteiger partial charge in [0, 0.05) is 18.8 Å². The molecule has 1 amide bonds. The molecule has 1 aliphatic heterocycles. The summed E-state index contributed by atoms with van der Waals surface area (Å²) in [5.74, 6) is 0.900. The molecule has 1 fully saturated rings. The molecule has 1 atom stereocenters. The van der Waals surface area contributed by atoms with Crippen molar-refractivity contribution in [2.75, 3.05) is 27.3 Å². The molecule has 0 spiro atoms. The highest BCUT2D eigenvalue weighted by Gasteiger charge is 2.33. The van der Waals surface area contributed by atoms with Crippen molar-refractivity contribution < 1.29 is 32.2 Å². The zero-order valence-corrected chi connectivity index (χ0v) is 17.1. The second-order valence-corrected chi connectivity index (χ2v) is 6.84. The van der Waals surface area contributed by atoms with E-state index in [0.717, 1.165) is 17.8 Å². The largest absolute Gasteiger partial charge is 0.493 e. The first-order chi connectivity index (χ1) is 14.8. The lowest BCUT2D eigenvalue weighted by molar-refractivity contribution is -0.141. The first-order valence-corrected chi connectivity index (χ1v) is 9.56. The predicted octanol–water partition coefficient (Wildman–Crippen LogP) is 3.60. The molecule has 3 rings (SSSR count). The van der Waals surface area contributed by atoms with Gasteiger partial charge in [0.2, 0.25) is 5.91 Å². The number of rotatable bonds is 6. The summed E-state index contributed by atoms with van der Waals surface area (Å²) in [5.41, 5.74) is -0.313. The number of hydrogen-bond acceptors (Lipinski definition) is 6. The van der Waals surface area contributed by atoms with Gasteiger partial charge in [-0.05, 0) is 42.7 Å². The minimum absolute atomic E-state index is 0.229. The average Bonchev–Trinajstić information content (AvgIpc) is 2.77. The maximum absolute atomic E-state index is 12.8. The van der Waals surface area contributed by atoms with Crippen LogP contribution in [0.5, 0.6) is 17.5 Å². The number of piperidine rings is 1. The number of halogens is 3. The van der Waals surface area contributed by atoms with Gasteiger partial charge in [-0.2, -0.15) is 18.2 Å². The number of likely N-dealkylation sites (tertiary alicyclic amines) is 1. The zero-order valence-electron chi connectivity index (χ0n) is 17.1. The molecule has 7 nitrogen and oxygen atoms in total. The summed E-state index contributed by atoms with van der Waals surface area (Å²) < 4.78 is 54.4. The Morgan fingerprint density at radius 1 is 1.19 bits per heavy atom. The zero-order chi connectivity index (χ0) is 22.4. The second-order valence-electron chi connectivity index (χ2n) is 6.84. The van der Waals surface area contributed by atoms with Gasteiger partial charge in [-0.15, -0.1) is 0 Å². The lowest BCUT2D eigenvalue weighted by Gasteiger charge is -2.31. The number of carbonyl (C=O) groups excluding carboxylic acids is 1. The van der Waals surface area contributed by atoms with E-state index in [9.17, 15) is 18.0 Å². The first-order valence-electron chi connectivity index (χ1n) is 9.56. The molecular formula is C21H22F3N3O4. The van der Waals surface area contributed by atoms with Crippen LogP contribution in [0.4, 0.5) is 13.2 Å². The molecule has 0 radical (unpaired) electrons. The molecule has 0 bridgehead atoms. The van der Waals surface area contributed by atoms with Gasteiger partial charge in [0.15, 0.2) is 17.2 Å². The number of methoxy groups -OCH3 is 2. The Balaban J connectivity index is 1.62. The summed E-state index contributed by atoms with van der Waals surface area (Å²) in [6.45, 7) is 0.757. The van der Waals surface area contributed by atoms with Crippen molar-refractivity contribution >= 4 is 12.0 Å². The van der Waals surface area contributed by atoms with Gasteiger partial charge >= 0.3 is 12.2 Å². The topological polar surface area (TPSA) is 73.8 Å². The van der Waals surface area contributed by atoms with Crippen molar-refractivity contribution in [1.82, 2.24) is 14.9 Å². The molecule has 0 aliphatic carbocycles. The molecule has 1 unspecified atom stereocenters. The molecule has 0 saturated carbocycles. The van der Waals surface area contributed by atoms with Crippen molar-refractivity contribution in [1.29, 1.82) is 0 Å². The predicted molar refractivity (Wildman–Crippen MR) is 106 cm³/mol. The molecule has 31 heavy (non-hydrogen) atoms. The van der Waals surface area contributed by atoms with E-state index in [1.54, 1.807) is 29.2 Å². The summed E-state index contributed by atoms with van der Waals surface area (Å²) in [7, 11) is 3.06. The molecule has 2 aromatic rings. The van der Waals surface area contributed by atoms with Crippen LogP contribution in [-0.2, 0) is 11.0 Å². The molecule has 10 heteroatoms. The second kappa shape index (κ2) is 9.67. The van der Waals surface area contributed by atoms with Gasteiger partial charge < -0.3 is 19.1 Å². The molecule has 0 N–H and O–H groups in total. The van der Waals surface area contributed by atoms with Gasteiger partial charge in [-0.3, -0.25) is 4.79 Å². The monoisotopic (exact) mass is 437 g/mol. The fourth-order valence-electron chi connectivity index (χ4n) is 3.17. The Labute approximate surface area is 177 Å². The molecule has 1 saturated heterocycles. The SMILES string of the molecule is COc1ccc(/C=C/C(=O)N2CCCC(Oc3nccc(C(F)(F)F)n3)C2)cc1OC. The minimum Gasteiger partial charge on any atom is -0.493 e. The van der Waals surface area contributed by atoms with E-state index in [4.69, 9.17) is 14.2 Å². The quantitative estimate of drug-likeness (QED) is 0.643. The maximum atomic E-state index is 12.8. The lowest BCUT2D eigenvalue weighted by Crippen LogP contribution is -2.44. The third-order valence-corrected chi connectivity index (χ3v) is 4.71. The van der Waals surface area contributed by atoms with E-state index in [-0.39, 0.29) is 18.5 Å². The molecule has 1 aliphatic rings. The third kappa shape index (κ3) is 5.87. The Morgan fingerprint density at radius 3 is 2.68 bits per heavy atom. The summed E-state index contributed by atoms with van der Waals surface area (Å²) in [6, 6.07) is 5.70. The van der Waals surface area contributed by atoms with Crippen LogP contribution < -0.4 is 14.2 Å². The number of hydrogen-bond donors (Lipinski definition) is 0. The fraction of sp³-hybridized carbons (Fsp3) is 0.381. The highest BCUT2D eigenvalue weighted by Crippen LogP contribution is 2.29. The van der Waals surface area contributed by atoms with Crippen LogP contribution in [-0.4, -0.2) is 54.2 Å².